The molecule has 3 rings (SSSR count). The number of ether oxygens (including phenoxy) is 1. The Balaban J connectivity index is 1.55. The molecule has 206 valence electrons. The lowest BCUT2D eigenvalue weighted by atomic mass is 9.86. The number of amides is 2. The van der Waals surface area contributed by atoms with Gasteiger partial charge in [-0.2, -0.15) is 0 Å². The van der Waals surface area contributed by atoms with Crippen molar-refractivity contribution in [2.75, 3.05) is 18.5 Å². The molecule has 0 bridgehead atoms. The number of hydrogen-bond donors (Lipinski definition) is 2. The van der Waals surface area contributed by atoms with E-state index in [4.69, 9.17) is 4.74 Å². The lowest BCUT2D eigenvalue weighted by Crippen LogP contribution is -2.27. The molecule has 0 aromatic heterocycles. The van der Waals surface area contributed by atoms with Crippen LogP contribution in [0.15, 0.2) is 78.0 Å². The molecule has 3 aromatic rings. The second kappa shape index (κ2) is 14.2. The molecule has 39 heavy (non-hydrogen) atoms. The first kappa shape index (κ1) is 29.6. The fraction of sp³-hybridized carbons (Fsp3) is 0.375. The molecule has 0 spiro atoms. The molecule has 0 radical (unpaired) electrons. The topological polar surface area (TPSA) is 96.9 Å². The number of hydrogen-bond acceptors (Lipinski definition) is 5. The molecule has 0 saturated carbocycles. The number of nitrogens with one attached hydrogen (secondary N) is 2. The standard InChI is InChI=1S/C32H39N3O4/c1-5-6-7-28(34-27-16-10-25(11-17-27)31(37)33-21-20-30(36)35-38)22-39-29-18-12-24(13-19-29)23-8-14-26(15-9-23)32(2,3)4/h8-19,28,34H,5-7,20-22H2,1-4H3,(H,33,37)/t28-/m0/s1. The summed E-state index contributed by atoms with van der Waals surface area (Å²) >= 11 is 0. The fourth-order valence-electron chi connectivity index (χ4n) is 4.13. The summed E-state index contributed by atoms with van der Waals surface area (Å²) in [6, 6.07) is 24.2. The summed E-state index contributed by atoms with van der Waals surface area (Å²) < 4.78 is 6.14. The second-order valence-corrected chi connectivity index (χ2v) is 10.7. The van der Waals surface area contributed by atoms with Crippen LogP contribution in [0.1, 0.15) is 69.3 Å². The monoisotopic (exact) mass is 529 g/mol. The van der Waals surface area contributed by atoms with Crippen LogP contribution in [0.5, 0.6) is 5.75 Å². The normalized spacial score (nSPS) is 11.9. The molecule has 2 amide bonds. The highest BCUT2D eigenvalue weighted by molar-refractivity contribution is 5.94. The van der Waals surface area contributed by atoms with Gasteiger partial charge < -0.3 is 15.4 Å². The summed E-state index contributed by atoms with van der Waals surface area (Å²) in [5, 5.41) is 8.46. The van der Waals surface area contributed by atoms with Gasteiger partial charge in [-0.25, -0.2) is 0 Å². The predicted octanol–water partition coefficient (Wildman–Crippen LogP) is 7.11. The summed E-state index contributed by atoms with van der Waals surface area (Å²) in [7, 11) is 0. The minimum atomic E-state index is -0.781. The minimum absolute atomic E-state index is 0.0737. The largest absolute Gasteiger partial charge is 0.491 e. The van der Waals surface area contributed by atoms with Crippen LogP contribution in [-0.2, 0) is 10.2 Å². The van der Waals surface area contributed by atoms with Crippen molar-refractivity contribution in [1.82, 2.24) is 5.32 Å². The van der Waals surface area contributed by atoms with Crippen LogP contribution >= 0.6 is 0 Å². The van der Waals surface area contributed by atoms with Crippen molar-refractivity contribution in [3.63, 3.8) is 0 Å². The highest BCUT2D eigenvalue weighted by Gasteiger charge is 2.14. The molecule has 1 atom stereocenters. The van der Waals surface area contributed by atoms with Crippen molar-refractivity contribution in [3.05, 3.63) is 88.8 Å². The smallest absolute Gasteiger partial charge is 0.288 e. The van der Waals surface area contributed by atoms with Crippen LogP contribution < -0.4 is 15.4 Å². The first-order chi connectivity index (χ1) is 18.7. The lowest BCUT2D eigenvalue weighted by molar-refractivity contribution is -0.117. The molecule has 0 aliphatic rings. The van der Waals surface area contributed by atoms with Crippen LogP contribution in [0.3, 0.4) is 0 Å². The Labute approximate surface area is 231 Å². The van der Waals surface area contributed by atoms with Gasteiger partial charge in [0.25, 0.3) is 11.8 Å². The Bertz CT molecular complexity index is 1210. The van der Waals surface area contributed by atoms with Crippen molar-refractivity contribution >= 4 is 17.5 Å². The third-order valence-electron chi connectivity index (χ3n) is 6.54. The number of nitrogens with zero attached hydrogens (tertiary/aromatic N) is 1. The van der Waals surface area contributed by atoms with E-state index < -0.39 is 5.91 Å². The first-order valence-electron chi connectivity index (χ1n) is 13.5. The van der Waals surface area contributed by atoms with Gasteiger partial charge >= 0.3 is 0 Å². The molecule has 7 heteroatoms. The van der Waals surface area contributed by atoms with Gasteiger partial charge in [-0.3, -0.25) is 9.59 Å². The Hall–Kier alpha value is -4.00. The summed E-state index contributed by atoms with van der Waals surface area (Å²) in [5.41, 5.74) is 5.15. The van der Waals surface area contributed by atoms with Gasteiger partial charge in [0, 0.05) is 29.4 Å². The highest BCUT2D eigenvalue weighted by atomic mass is 16.5. The summed E-state index contributed by atoms with van der Waals surface area (Å²) in [5.74, 6) is -0.264. The van der Waals surface area contributed by atoms with Gasteiger partial charge in [0.1, 0.15) is 12.4 Å². The number of benzene rings is 3. The number of carbonyl (C=O) groups is 2. The second-order valence-electron chi connectivity index (χ2n) is 10.7. The molecule has 0 heterocycles. The predicted molar refractivity (Wildman–Crippen MR) is 157 cm³/mol. The van der Waals surface area contributed by atoms with E-state index in [0.29, 0.717) is 12.2 Å². The van der Waals surface area contributed by atoms with Crippen LogP contribution in [0, 0.1) is 4.91 Å². The quantitative estimate of drug-likeness (QED) is 0.230. The summed E-state index contributed by atoms with van der Waals surface area (Å²) in [6.45, 7) is 9.40. The van der Waals surface area contributed by atoms with E-state index in [1.165, 1.54) is 11.1 Å². The maximum atomic E-state index is 12.2. The molecule has 0 fully saturated rings. The molecule has 3 aromatic carbocycles. The van der Waals surface area contributed by atoms with Gasteiger partial charge in [-0.05, 0) is 64.9 Å². The van der Waals surface area contributed by atoms with Crippen molar-refractivity contribution in [1.29, 1.82) is 0 Å². The number of rotatable bonds is 13. The third-order valence-corrected chi connectivity index (χ3v) is 6.54. The summed E-state index contributed by atoms with van der Waals surface area (Å²) in [6.07, 6.45) is 3.00. The molecular weight excluding hydrogens is 490 g/mol. The van der Waals surface area contributed by atoms with E-state index in [1.54, 1.807) is 12.1 Å². The van der Waals surface area contributed by atoms with Crippen molar-refractivity contribution < 1.29 is 14.3 Å². The van der Waals surface area contributed by atoms with E-state index in [1.807, 2.05) is 24.3 Å². The maximum absolute atomic E-state index is 12.2. The van der Waals surface area contributed by atoms with Crippen LogP contribution in [0.2, 0.25) is 0 Å². The molecular formula is C32H39N3O4. The maximum Gasteiger partial charge on any atom is 0.288 e. The van der Waals surface area contributed by atoms with Gasteiger partial charge in [0.15, 0.2) is 0 Å². The van der Waals surface area contributed by atoms with Crippen molar-refractivity contribution in [2.45, 2.75) is 64.8 Å². The minimum Gasteiger partial charge on any atom is -0.491 e. The van der Waals surface area contributed by atoms with Crippen LogP contribution in [0.4, 0.5) is 5.69 Å². The van der Waals surface area contributed by atoms with Gasteiger partial charge in [0.05, 0.1) is 6.04 Å². The van der Waals surface area contributed by atoms with E-state index in [-0.39, 0.29) is 30.3 Å². The Morgan fingerprint density at radius 3 is 2.08 bits per heavy atom. The molecule has 0 aliphatic heterocycles. The van der Waals surface area contributed by atoms with E-state index in [0.717, 1.165) is 36.3 Å². The average molecular weight is 530 g/mol. The Morgan fingerprint density at radius 2 is 1.51 bits per heavy atom. The molecule has 0 saturated heterocycles. The molecule has 2 N–H and O–H groups in total. The molecule has 0 unspecified atom stereocenters. The average Bonchev–Trinajstić information content (AvgIpc) is 2.94. The van der Waals surface area contributed by atoms with Gasteiger partial charge in [-0.15, -0.1) is 4.91 Å². The zero-order valence-corrected chi connectivity index (χ0v) is 23.3. The number of nitroso groups, excluding NO2 is 1. The van der Waals surface area contributed by atoms with Crippen molar-refractivity contribution in [2.24, 2.45) is 5.18 Å². The molecule has 0 aliphatic carbocycles. The Morgan fingerprint density at radius 1 is 0.897 bits per heavy atom. The Kier molecular flexibility index (Phi) is 10.8. The SMILES string of the molecule is CCCC[C@@H](COc1ccc(-c2ccc(C(C)(C)C)cc2)cc1)Nc1ccc(C(=O)NCCC(=O)N=O)cc1. The van der Waals surface area contributed by atoms with Gasteiger partial charge in [-0.1, -0.05) is 76.9 Å². The third kappa shape index (κ3) is 9.36. The van der Waals surface area contributed by atoms with E-state index in [9.17, 15) is 14.5 Å². The number of unbranched alkanes of at least 4 members (excludes halogenated alkanes) is 1. The van der Waals surface area contributed by atoms with Crippen LogP contribution in [0.25, 0.3) is 11.1 Å². The fourth-order valence-corrected chi connectivity index (χ4v) is 4.13. The van der Waals surface area contributed by atoms with E-state index in [2.05, 4.69) is 79.9 Å². The highest BCUT2D eigenvalue weighted by Crippen LogP contribution is 2.27. The van der Waals surface area contributed by atoms with Crippen molar-refractivity contribution in [3.8, 4) is 16.9 Å². The lowest BCUT2D eigenvalue weighted by Gasteiger charge is -2.21. The number of carbonyl (C=O) groups excluding carboxylic acids is 2. The molecule has 7 nitrogen and oxygen atoms in total. The number of anilines is 1. The van der Waals surface area contributed by atoms with Gasteiger partial charge in [0.2, 0.25) is 0 Å². The van der Waals surface area contributed by atoms with Crippen LogP contribution in [-0.4, -0.2) is 31.0 Å². The zero-order chi connectivity index (χ0) is 28.3. The van der Waals surface area contributed by atoms with E-state index >= 15 is 0 Å². The first-order valence-corrected chi connectivity index (χ1v) is 13.5. The zero-order valence-electron chi connectivity index (χ0n) is 23.3. The summed E-state index contributed by atoms with van der Waals surface area (Å²) in [4.78, 5) is 33.3.